The van der Waals surface area contributed by atoms with Gasteiger partial charge >= 0.3 is 5.97 Å². The summed E-state index contributed by atoms with van der Waals surface area (Å²) in [6.45, 7) is 4.41. The van der Waals surface area contributed by atoms with E-state index in [1.165, 1.54) is 0 Å². The van der Waals surface area contributed by atoms with Crippen molar-refractivity contribution in [3.8, 4) is 0 Å². The van der Waals surface area contributed by atoms with E-state index in [0.717, 1.165) is 19.3 Å². The van der Waals surface area contributed by atoms with Crippen LogP contribution in [0.5, 0.6) is 0 Å². The molecule has 5 nitrogen and oxygen atoms in total. The van der Waals surface area contributed by atoms with Gasteiger partial charge in [0, 0.05) is 5.57 Å². The quantitative estimate of drug-likeness (QED) is 0.444. The summed E-state index contributed by atoms with van der Waals surface area (Å²) in [5.41, 5.74) is 0.452. The van der Waals surface area contributed by atoms with Crippen molar-refractivity contribution in [1.82, 2.24) is 0 Å². The van der Waals surface area contributed by atoms with E-state index in [1.54, 1.807) is 13.0 Å². The van der Waals surface area contributed by atoms with Crippen LogP contribution in [0.1, 0.15) is 33.1 Å². The largest absolute Gasteiger partial charge is 0.478 e. The average molecular weight is 248 g/mol. The molecule has 0 aromatic heterocycles. The smallest absolute Gasteiger partial charge is 0.330 e. The number of aliphatic hydroxyl groups excluding tert-OH is 2. The number of aliphatic hydroxyl groups is 2. The topological polar surface area (TPSA) is 87.0 Å². The molecule has 17 heavy (non-hydrogen) atoms. The van der Waals surface area contributed by atoms with Gasteiger partial charge in [-0.2, -0.15) is 0 Å². The second kappa shape index (κ2) is 15.1. The van der Waals surface area contributed by atoms with Gasteiger partial charge in [-0.25, -0.2) is 4.79 Å². The van der Waals surface area contributed by atoms with E-state index in [-0.39, 0.29) is 13.2 Å². The molecule has 0 amide bonds. The number of aliphatic carboxylic acids is 1. The van der Waals surface area contributed by atoms with Gasteiger partial charge in [-0.1, -0.05) is 25.8 Å². The van der Waals surface area contributed by atoms with Crippen LogP contribution in [0.2, 0.25) is 0 Å². The Morgan fingerprint density at radius 2 is 1.76 bits per heavy atom. The van der Waals surface area contributed by atoms with E-state index in [1.807, 2.05) is 0 Å². The van der Waals surface area contributed by atoms with Gasteiger partial charge in [0.05, 0.1) is 26.4 Å². The molecular formula is C12H24O5. The number of carboxylic acids is 1. The highest BCUT2D eigenvalue weighted by Gasteiger charge is 1.96. The first-order valence-corrected chi connectivity index (χ1v) is 5.79. The number of unbranched alkanes of at least 4 members (excludes halogenated alkanes) is 2. The number of allylic oxidation sites excluding steroid dienone is 1. The van der Waals surface area contributed by atoms with Crippen molar-refractivity contribution in [2.45, 2.75) is 33.1 Å². The zero-order valence-electron chi connectivity index (χ0n) is 10.7. The van der Waals surface area contributed by atoms with Crippen LogP contribution in [0.4, 0.5) is 0 Å². The molecule has 0 aliphatic heterocycles. The molecule has 0 aliphatic carbocycles. The van der Waals surface area contributed by atoms with Gasteiger partial charge in [0.25, 0.3) is 0 Å². The maximum Gasteiger partial charge on any atom is 0.330 e. The molecule has 0 fully saturated rings. The first-order valence-electron chi connectivity index (χ1n) is 5.79. The van der Waals surface area contributed by atoms with E-state index < -0.39 is 5.97 Å². The van der Waals surface area contributed by atoms with Crippen LogP contribution >= 0.6 is 0 Å². The molecule has 0 unspecified atom stereocenters. The maximum atomic E-state index is 10.2. The normalized spacial score (nSPS) is 10.7. The molecule has 0 saturated heterocycles. The molecule has 0 aromatic carbocycles. The Morgan fingerprint density at radius 3 is 2.12 bits per heavy atom. The van der Waals surface area contributed by atoms with E-state index in [2.05, 4.69) is 11.7 Å². The number of rotatable bonds is 8. The predicted molar refractivity (Wildman–Crippen MR) is 65.9 cm³/mol. The molecule has 102 valence electrons. The Bertz CT molecular complexity index is 197. The molecule has 0 heterocycles. The third-order valence-electron chi connectivity index (χ3n) is 1.82. The zero-order chi connectivity index (χ0) is 13.5. The van der Waals surface area contributed by atoms with Gasteiger partial charge in [0.15, 0.2) is 0 Å². The average Bonchev–Trinajstić information content (AvgIpc) is 2.30. The van der Waals surface area contributed by atoms with E-state index >= 15 is 0 Å². The van der Waals surface area contributed by atoms with Gasteiger partial charge in [0.1, 0.15) is 0 Å². The first kappa shape index (κ1) is 18.5. The van der Waals surface area contributed by atoms with Gasteiger partial charge in [0.2, 0.25) is 0 Å². The van der Waals surface area contributed by atoms with Crippen LogP contribution in [0.3, 0.4) is 0 Å². The molecule has 0 radical (unpaired) electrons. The molecule has 0 aromatic rings. The third-order valence-corrected chi connectivity index (χ3v) is 1.82. The minimum atomic E-state index is -0.809. The first-order chi connectivity index (χ1) is 8.09. The second-order valence-corrected chi connectivity index (χ2v) is 3.39. The van der Waals surface area contributed by atoms with Crippen molar-refractivity contribution < 1.29 is 24.9 Å². The highest BCUT2D eigenvalue weighted by Crippen LogP contribution is 2.00. The summed E-state index contributed by atoms with van der Waals surface area (Å²) in [6, 6.07) is 0. The van der Waals surface area contributed by atoms with Crippen LogP contribution in [-0.4, -0.2) is 47.7 Å². The molecule has 0 spiro atoms. The van der Waals surface area contributed by atoms with E-state index in [0.29, 0.717) is 18.8 Å². The minimum absolute atomic E-state index is 0.0278. The van der Waals surface area contributed by atoms with Crippen molar-refractivity contribution in [3.63, 3.8) is 0 Å². The summed E-state index contributed by atoms with van der Waals surface area (Å²) in [5.74, 6) is -0.809. The van der Waals surface area contributed by atoms with Crippen LogP contribution in [0.25, 0.3) is 0 Å². The minimum Gasteiger partial charge on any atom is -0.478 e. The Kier molecular flexibility index (Phi) is 16.4. The lowest BCUT2D eigenvalue weighted by Gasteiger charge is -1.94. The number of hydrogen-bond acceptors (Lipinski definition) is 4. The Hall–Kier alpha value is -0.910. The van der Waals surface area contributed by atoms with E-state index in [4.69, 9.17) is 15.3 Å². The molecule has 0 saturated carbocycles. The molecular weight excluding hydrogens is 224 g/mol. The number of ether oxygens (including phenoxy) is 1. The molecule has 0 bridgehead atoms. The molecule has 5 heteroatoms. The second-order valence-electron chi connectivity index (χ2n) is 3.39. The van der Waals surface area contributed by atoms with Crippen LogP contribution in [-0.2, 0) is 9.53 Å². The molecule has 3 N–H and O–H groups in total. The number of carboxylic acid groups (broad SMARTS) is 1. The van der Waals surface area contributed by atoms with Gasteiger partial charge in [-0.3, -0.25) is 0 Å². The fourth-order valence-electron chi connectivity index (χ4n) is 0.841. The van der Waals surface area contributed by atoms with Crippen molar-refractivity contribution in [3.05, 3.63) is 11.6 Å². The summed E-state index contributed by atoms with van der Waals surface area (Å²) in [5, 5.41) is 24.6. The van der Waals surface area contributed by atoms with Gasteiger partial charge < -0.3 is 20.1 Å². The maximum absolute atomic E-state index is 10.2. The number of hydrogen-bond donors (Lipinski definition) is 3. The molecule has 0 rings (SSSR count). The Morgan fingerprint density at radius 1 is 1.24 bits per heavy atom. The van der Waals surface area contributed by atoms with Crippen molar-refractivity contribution in [2.24, 2.45) is 0 Å². The molecule has 0 atom stereocenters. The molecule has 0 aliphatic rings. The summed E-state index contributed by atoms with van der Waals surface area (Å²) in [7, 11) is 0. The third kappa shape index (κ3) is 17.7. The fourth-order valence-corrected chi connectivity index (χ4v) is 0.841. The lowest BCUT2D eigenvalue weighted by atomic mass is 10.2. The summed E-state index contributed by atoms with van der Waals surface area (Å²) < 4.78 is 4.63. The lowest BCUT2D eigenvalue weighted by molar-refractivity contribution is -0.132. The lowest BCUT2D eigenvalue weighted by Crippen LogP contribution is -2.03. The van der Waals surface area contributed by atoms with Gasteiger partial charge in [-0.15, -0.1) is 0 Å². The Balaban J connectivity index is 0. The fraction of sp³-hybridized carbons (Fsp3) is 0.750. The monoisotopic (exact) mass is 248 g/mol. The van der Waals surface area contributed by atoms with Crippen LogP contribution in [0, 0.1) is 0 Å². The standard InChI is InChI=1S/C8H14O2.C4H10O3/c1-3-4-5-6-7(2)8(9)10;5-1-3-7-4-2-6/h6H,3-5H2,1-2H3,(H,9,10);5-6H,1-4H2. The van der Waals surface area contributed by atoms with E-state index in [9.17, 15) is 4.79 Å². The van der Waals surface area contributed by atoms with Crippen molar-refractivity contribution in [2.75, 3.05) is 26.4 Å². The summed E-state index contributed by atoms with van der Waals surface area (Å²) in [6.07, 6.45) is 4.84. The van der Waals surface area contributed by atoms with Crippen LogP contribution < -0.4 is 0 Å². The Labute approximate surface area is 103 Å². The predicted octanol–water partition coefficient (Wildman–Crippen LogP) is 1.20. The van der Waals surface area contributed by atoms with Crippen molar-refractivity contribution >= 4 is 5.97 Å². The number of carbonyl (C=O) groups is 1. The highest BCUT2D eigenvalue weighted by atomic mass is 16.5. The summed E-state index contributed by atoms with van der Waals surface area (Å²) in [4.78, 5) is 10.2. The van der Waals surface area contributed by atoms with Crippen molar-refractivity contribution in [1.29, 1.82) is 0 Å². The zero-order valence-corrected chi connectivity index (χ0v) is 10.7. The van der Waals surface area contributed by atoms with Gasteiger partial charge in [-0.05, 0) is 13.3 Å². The highest BCUT2D eigenvalue weighted by molar-refractivity contribution is 5.85. The SMILES string of the molecule is CCCCC=C(C)C(=O)O.OCCOCCO. The van der Waals surface area contributed by atoms with Crippen LogP contribution in [0.15, 0.2) is 11.6 Å². The summed E-state index contributed by atoms with van der Waals surface area (Å²) >= 11 is 0.